The van der Waals surface area contributed by atoms with E-state index in [-0.39, 0.29) is 0 Å². The van der Waals surface area contributed by atoms with Crippen molar-refractivity contribution in [2.75, 3.05) is 4.90 Å². The lowest BCUT2D eigenvalue weighted by molar-refractivity contribution is 0.796. The van der Waals surface area contributed by atoms with Crippen molar-refractivity contribution in [3.63, 3.8) is 0 Å². The monoisotopic (exact) mass is 251 g/mol. The van der Waals surface area contributed by atoms with Crippen LogP contribution >= 0.6 is 22.9 Å². The van der Waals surface area contributed by atoms with Gasteiger partial charge in [-0.2, -0.15) is 4.37 Å². The van der Waals surface area contributed by atoms with Gasteiger partial charge in [-0.05, 0) is 31.2 Å². The molecule has 2 aromatic heterocycles. The Hall–Kier alpha value is -0.940. The maximum absolute atomic E-state index is 4.49. The van der Waals surface area contributed by atoms with Crippen molar-refractivity contribution in [1.29, 1.82) is 0 Å². The molecule has 0 saturated heterocycles. The maximum Gasteiger partial charge on any atom is 0.205 e. The van der Waals surface area contributed by atoms with Crippen molar-refractivity contribution in [2.45, 2.75) is 32.4 Å². The van der Waals surface area contributed by atoms with Gasteiger partial charge in [-0.25, -0.2) is 4.98 Å². The molecule has 84 valence electrons. The highest BCUT2D eigenvalue weighted by molar-refractivity contribution is 7.10. The molecule has 1 aliphatic carbocycles. The van der Waals surface area contributed by atoms with Gasteiger partial charge in [-0.15, -0.1) is 11.3 Å². The van der Waals surface area contributed by atoms with E-state index in [0.29, 0.717) is 6.04 Å². The Morgan fingerprint density at radius 3 is 2.94 bits per heavy atom. The molecule has 0 atom stereocenters. The Labute approximate surface area is 103 Å². The lowest BCUT2D eigenvalue weighted by Crippen LogP contribution is -2.24. The second-order valence-corrected chi connectivity index (χ2v) is 5.83. The van der Waals surface area contributed by atoms with Crippen molar-refractivity contribution in [3.8, 4) is 0 Å². The first-order valence-corrected chi connectivity index (χ1v) is 7.07. The van der Waals surface area contributed by atoms with Gasteiger partial charge in [-0.1, -0.05) is 6.07 Å². The van der Waals surface area contributed by atoms with E-state index < -0.39 is 0 Å². The van der Waals surface area contributed by atoms with Crippen LogP contribution in [0.25, 0.3) is 0 Å². The van der Waals surface area contributed by atoms with Crippen molar-refractivity contribution >= 4 is 28.0 Å². The van der Waals surface area contributed by atoms with Crippen molar-refractivity contribution in [1.82, 2.24) is 9.36 Å². The van der Waals surface area contributed by atoms with Crippen LogP contribution in [0.5, 0.6) is 0 Å². The minimum Gasteiger partial charge on any atom is -0.339 e. The molecule has 1 fully saturated rings. The van der Waals surface area contributed by atoms with E-state index in [1.165, 1.54) is 29.3 Å². The topological polar surface area (TPSA) is 29.0 Å². The van der Waals surface area contributed by atoms with E-state index in [0.717, 1.165) is 17.5 Å². The Bertz CT molecular complexity index is 459. The molecule has 0 unspecified atom stereocenters. The zero-order chi connectivity index (χ0) is 11.0. The highest BCUT2D eigenvalue weighted by Crippen LogP contribution is 2.34. The van der Waals surface area contributed by atoms with Crippen LogP contribution in [-0.4, -0.2) is 15.4 Å². The molecule has 2 aromatic rings. The number of hydrogen-bond donors (Lipinski definition) is 0. The highest BCUT2D eigenvalue weighted by atomic mass is 32.1. The number of thiophene rings is 1. The Morgan fingerprint density at radius 2 is 2.38 bits per heavy atom. The van der Waals surface area contributed by atoms with Crippen LogP contribution in [0.1, 0.15) is 23.5 Å². The molecule has 0 bridgehead atoms. The van der Waals surface area contributed by atoms with Crippen LogP contribution in [0, 0.1) is 6.92 Å². The number of aromatic nitrogens is 2. The zero-order valence-electron chi connectivity index (χ0n) is 9.09. The minimum absolute atomic E-state index is 0.689. The van der Waals surface area contributed by atoms with Crippen LogP contribution < -0.4 is 4.90 Å². The van der Waals surface area contributed by atoms with E-state index in [1.54, 1.807) is 0 Å². The van der Waals surface area contributed by atoms with Crippen LogP contribution in [0.4, 0.5) is 5.13 Å². The minimum atomic E-state index is 0.689. The molecule has 0 N–H and O–H groups in total. The van der Waals surface area contributed by atoms with Crippen LogP contribution in [0.3, 0.4) is 0 Å². The predicted octanol–water partition coefficient (Wildman–Crippen LogP) is 3.08. The molecule has 0 aliphatic heterocycles. The van der Waals surface area contributed by atoms with Gasteiger partial charge >= 0.3 is 0 Å². The summed E-state index contributed by atoms with van der Waals surface area (Å²) in [6.45, 7) is 2.94. The molecule has 5 heteroatoms. The van der Waals surface area contributed by atoms with E-state index in [4.69, 9.17) is 0 Å². The van der Waals surface area contributed by atoms with Crippen LogP contribution in [-0.2, 0) is 6.54 Å². The van der Waals surface area contributed by atoms with Crippen LogP contribution in [0.2, 0.25) is 0 Å². The fraction of sp³-hybridized carbons (Fsp3) is 0.455. The van der Waals surface area contributed by atoms with E-state index in [9.17, 15) is 0 Å². The number of rotatable bonds is 4. The Kier molecular flexibility index (Phi) is 2.65. The number of anilines is 1. The molecule has 1 saturated carbocycles. The largest absolute Gasteiger partial charge is 0.339 e. The van der Waals surface area contributed by atoms with E-state index in [2.05, 4.69) is 31.8 Å². The van der Waals surface area contributed by atoms with E-state index in [1.807, 2.05) is 18.3 Å². The lowest BCUT2D eigenvalue weighted by Gasteiger charge is -2.19. The standard InChI is InChI=1S/C11H13N3S2/c1-8-12-11(16-13-8)14(9-4-5-9)7-10-3-2-6-15-10/h2-3,6,9H,4-5,7H2,1H3. The molecule has 0 amide bonds. The van der Waals surface area contributed by atoms with Gasteiger partial charge in [0.2, 0.25) is 5.13 Å². The van der Waals surface area contributed by atoms with Crippen molar-refractivity contribution in [2.24, 2.45) is 0 Å². The fourth-order valence-corrected chi connectivity index (χ4v) is 3.16. The first-order chi connectivity index (χ1) is 7.83. The summed E-state index contributed by atoms with van der Waals surface area (Å²) in [5.41, 5.74) is 0. The highest BCUT2D eigenvalue weighted by Gasteiger charge is 2.31. The third-order valence-electron chi connectivity index (χ3n) is 2.66. The average molecular weight is 251 g/mol. The van der Waals surface area contributed by atoms with Gasteiger partial charge in [0, 0.05) is 22.5 Å². The molecule has 0 radical (unpaired) electrons. The Morgan fingerprint density at radius 1 is 1.50 bits per heavy atom. The van der Waals surface area contributed by atoms with Gasteiger partial charge in [0.05, 0.1) is 6.54 Å². The van der Waals surface area contributed by atoms with Gasteiger partial charge in [-0.3, -0.25) is 0 Å². The smallest absolute Gasteiger partial charge is 0.205 e. The summed E-state index contributed by atoms with van der Waals surface area (Å²) in [7, 11) is 0. The number of aryl methyl sites for hydroxylation is 1. The van der Waals surface area contributed by atoms with Gasteiger partial charge < -0.3 is 4.90 Å². The summed E-state index contributed by atoms with van der Waals surface area (Å²) < 4.78 is 4.27. The summed E-state index contributed by atoms with van der Waals surface area (Å²) in [5.74, 6) is 0.886. The van der Waals surface area contributed by atoms with Crippen molar-refractivity contribution < 1.29 is 0 Å². The third kappa shape index (κ3) is 2.10. The second-order valence-electron chi connectivity index (χ2n) is 4.06. The molecule has 3 rings (SSSR count). The molecule has 3 nitrogen and oxygen atoms in total. The SMILES string of the molecule is Cc1nsc(N(Cc2cccs2)C2CC2)n1. The van der Waals surface area contributed by atoms with Gasteiger partial charge in [0.15, 0.2) is 0 Å². The molecule has 0 aromatic carbocycles. The first-order valence-electron chi connectivity index (χ1n) is 5.42. The fourth-order valence-electron chi connectivity index (χ4n) is 1.71. The second kappa shape index (κ2) is 4.14. The first kappa shape index (κ1) is 10.2. The molecular formula is C11H13N3S2. The molecule has 0 spiro atoms. The quantitative estimate of drug-likeness (QED) is 0.836. The molecule has 16 heavy (non-hydrogen) atoms. The lowest BCUT2D eigenvalue weighted by atomic mass is 10.4. The zero-order valence-corrected chi connectivity index (χ0v) is 10.7. The van der Waals surface area contributed by atoms with Gasteiger partial charge in [0.1, 0.15) is 5.82 Å². The molecule has 1 aliphatic rings. The molecular weight excluding hydrogens is 238 g/mol. The number of hydrogen-bond acceptors (Lipinski definition) is 5. The normalized spacial score (nSPS) is 15.3. The predicted molar refractivity (Wildman–Crippen MR) is 68.2 cm³/mol. The summed E-state index contributed by atoms with van der Waals surface area (Å²) in [4.78, 5) is 8.29. The summed E-state index contributed by atoms with van der Waals surface area (Å²) in [5, 5.41) is 3.21. The average Bonchev–Trinajstić information content (AvgIpc) is 2.81. The Balaban J connectivity index is 1.81. The van der Waals surface area contributed by atoms with Gasteiger partial charge in [0.25, 0.3) is 0 Å². The third-order valence-corrected chi connectivity index (χ3v) is 4.36. The van der Waals surface area contributed by atoms with Crippen LogP contribution in [0.15, 0.2) is 17.5 Å². The summed E-state index contributed by atoms with van der Waals surface area (Å²) in [6.07, 6.45) is 2.59. The van der Waals surface area contributed by atoms with E-state index >= 15 is 0 Å². The van der Waals surface area contributed by atoms with Crippen molar-refractivity contribution in [3.05, 3.63) is 28.2 Å². The summed E-state index contributed by atoms with van der Waals surface area (Å²) >= 11 is 3.33. The molecule has 2 heterocycles. The number of nitrogens with zero attached hydrogens (tertiary/aromatic N) is 3. The summed E-state index contributed by atoms with van der Waals surface area (Å²) in [6, 6.07) is 4.99. The maximum atomic E-state index is 4.49.